The smallest absolute Gasteiger partial charge is 0.416 e. The Morgan fingerprint density at radius 3 is 2.76 bits per heavy atom. The molecule has 1 heterocycles. The van der Waals surface area contributed by atoms with Gasteiger partial charge in [0.25, 0.3) is 0 Å². The lowest BCUT2D eigenvalue weighted by Crippen LogP contribution is -2.05. The van der Waals surface area contributed by atoms with E-state index in [9.17, 15) is 13.2 Å². The summed E-state index contributed by atoms with van der Waals surface area (Å²) in [5.74, 6) is 0.368. The fraction of sp³-hybridized carbons (Fsp3) is 0.222. The molecule has 0 spiro atoms. The number of tetrazole rings is 1. The van der Waals surface area contributed by atoms with Crippen LogP contribution in [-0.2, 0) is 12.8 Å². The Bertz CT molecular complexity index is 483. The molecule has 0 saturated heterocycles. The molecular weight excluding hydrogens is 237 g/mol. The van der Waals surface area contributed by atoms with Gasteiger partial charge in [0.15, 0.2) is 6.61 Å². The number of H-pyrrole nitrogens is 1. The van der Waals surface area contributed by atoms with Gasteiger partial charge >= 0.3 is 6.18 Å². The van der Waals surface area contributed by atoms with Crippen LogP contribution in [0.5, 0.6) is 5.75 Å². The van der Waals surface area contributed by atoms with Crippen molar-refractivity contribution in [2.45, 2.75) is 12.8 Å². The highest BCUT2D eigenvalue weighted by Gasteiger charge is 2.30. The first-order chi connectivity index (χ1) is 8.05. The number of nitrogens with zero attached hydrogens (tertiary/aromatic N) is 3. The van der Waals surface area contributed by atoms with Gasteiger partial charge in [0, 0.05) is 0 Å². The summed E-state index contributed by atoms with van der Waals surface area (Å²) in [5, 5.41) is 12.7. The highest BCUT2D eigenvalue weighted by Crippen LogP contribution is 2.31. The zero-order valence-electron chi connectivity index (χ0n) is 8.40. The first-order valence-electron chi connectivity index (χ1n) is 4.58. The van der Waals surface area contributed by atoms with Crippen molar-refractivity contribution in [1.29, 1.82) is 0 Å². The van der Waals surface area contributed by atoms with Gasteiger partial charge in [0.1, 0.15) is 5.75 Å². The number of hydrogen-bond acceptors (Lipinski definition) is 4. The van der Waals surface area contributed by atoms with Gasteiger partial charge in [-0.1, -0.05) is 11.3 Å². The topological polar surface area (TPSA) is 63.7 Å². The van der Waals surface area contributed by atoms with Gasteiger partial charge in [-0.2, -0.15) is 18.4 Å². The first-order valence-corrected chi connectivity index (χ1v) is 4.58. The summed E-state index contributed by atoms with van der Waals surface area (Å²) in [6, 6.07) is 4.59. The second kappa shape index (κ2) is 4.40. The van der Waals surface area contributed by atoms with Crippen LogP contribution in [0.15, 0.2) is 24.3 Å². The molecular formula is C9H7F3N4O. The average molecular weight is 244 g/mol. The Morgan fingerprint density at radius 2 is 2.12 bits per heavy atom. The molecule has 1 aromatic heterocycles. The van der Waals surface area contributed by atoms with E-state index in [1.54, 1.807) is 0 Å². The van der Waals surface area contributed by atoms with Crippen molar-refractivity contribution < 1.29 is 17.9 Å². The number of halogens is 3. The van der Waals surface area contributed by atoms with E-state index in [1.807, 2.05) is 0 Å². The zero-order chi connectivity index (χ0) is 12.3. The highest BCUT2D eigenvalue weighted by atomic mass is 19.4. The Kier molecular flexibility index (Phi) is 2.94. The maximum atomic E-state index is 12.4. The van der Waals surface area contributed by atoms with Gasteiger partial charge in [-0.05, 0) is 18.2 Å². The Hall–Kier alpha value is -2.12. The van der Waals surface area contributed by atoms with E-state index in [-0.39, 0.29) is 18.2 Å². The first kappa shape index (κ1) is 11.4. The van der Waals surface area contributed by atoms with E-state index in [1.165, 1.54) is 12.1 Å². The predicted octanol–water partition coefficient (Wildman–Crippen LogP) is 1.80. The van der Waals surface area contributed by atoms with Gasteiger partial charge in [-0.15, -0.1) is 10.2 Å². The lowest BCUT2D eigenvalue weighted by atomic mass is 10.2. The molecule has 0 fully saturated rings. The minimum Gasteiger partial charge on any atom is -0.485 e. The molecule has 0 aliphatic carbocycles. The van der Waals surface area contributed by atoms with Crippen LogP contribution in [0, 0.1) is 0 Å². The molecule has 0 unspecified atom stereocenters. The summed E-state index contributed by atoms with van der Waals surface area (Å²) in [6.07, 6.45) is -4.38. The number of benzene rings is 1. The zero-order valence-corrected chi connectivity index (χ0v) is 8.40. The summed E-state index contributed by atoms with van der Waals surface area (Å²) in [6.45, 7) is -0.0438. The molecule has 0 radical (unpaired) electrons. The second-order valence-electron chi connectivity index (χ2n) is 3.14. The molecule has 1 aromatic carbocycles. The number of hydrogen-bond donors (Lipinski definition) is 1. The van der Waals surface area contributed by atoms with Crippen LogP contribution in [-0.4, -0.2) is 20.6 Å². The maximum Gasteiger partial charge on any atom is 0.416 e. The standard InChI is InChI=1S/C9H7F3N4O/c10-9(11,12)6-2-1-3-7(4-6)17-5-8-13-15-16-14-8/h1-4H,5H2,(H,13,14,15,16). The minimum absolute atomic E-state index is 0.0438. The molecule has 0 saturated carbocycles. The Balaban J connectivity index is 2.07. The molecule has 8 heteroatoms. The number of ether oxygens (including phenoxy) is 1. The van der Waals surface area contributed by atoms with Gasteiger partial charge in [0.05, 0.1) is 5.56 Å². The van der Waals surface area contributed by atoms with E-state index in [4.69, 9.17) is 4.74 Å². The quantitative estimate of drug-likeness (QED) is 0.894. The SMILES string of the molecule is FC(F)(F)c1cccc(OCc2nn[nH]n2)c1. The average Bonchev–Trinajstić information content (AvgIpc) is 2.78. The van der Waals surface area contributed by atoms with Crippen molar-refractivity contribution in [3.8, 4) is 5.75 Å². The Labute approximate surface area is 93.6 Å². The molecule has 90 valence electrons. The predicted molar refractivity (Wildman–Crippen MR) is 50.0 cm³/mol. The van der Waals surface area contributed by atoms with Crippen LogP contribution < -0.4 is 4.74 Å². The molecule has 2 aromatic rings. The monoisotopic (exact) mass is 244 g/mol. The van der Waals surface area contributed by atoms with E-state index < -0.39 is 11.7 Å². The van der Waals surface area contributed by atoms with Crippen molar-refractivity contribution in [3.05, 3.63) is 35.7 Å². The number of rotatable bonds is 3. The minimum atomic E-state index is -4.38. The fourth-order valence-corrected chi connectivity index (χ4v) is 1.15. The van der Waals surface area contributed by atoms with E-state index in [0.717, 1.165) is 12.1 Å². The molecule has 0 amide bonds. The third-order valence-corrected chi connectivity index (χ3v) is 1.92. The molecule has 5 nitrogen and oxygen atoms in total. The number of aromatic nitrogens is 4. The molecule has 0 aliphatic heterocycles. The molecule has 1 N–H and O–H groups in total. The van der Waals surface area contributed by atoms with Gasteiger partial charge < -0.3 is 4.74 Å². The molecule has 0 bridgehead atoms. The largest absolute Gasteiger partial charge is 0.485 e. The highest BCUT2D eigenvalue weighted by molar-refractivity contribution is 5.30. The van der Waals surface area contributed by atoms with Crippen molar-refractivity contribution in [2.24, 2.45) is 0 Å². The molecule has 0 atom stereocenters. The lowest BCUT2D eigenvalue weighted by molar-refractivity contribution is -0.137. The summed E-state index contributed by atoms with van der Waals surface area (Å²) in [4.78, 5) is 0. The van der Waals surface area contributed by atoms with Gasteiger partial charge in [0.2, 0.25) is 5.82 Å². The number of nitrogens with one attached hydrogen (secondary N) is 1. The van der Waals surface area contributed by atoms with E-state index in [2.05, 4.69) is 20.6 Å². The summed E-state index contributed by atoms with van der Waals surface area (Å²) >= 11 is 0. The fourth-order valence-electron chi connectivity index (χ4n) is 1.15. The molecule has 17 heavy (non-hydrogen) atoms. The van der Waals surface area contributed by atoms with E-state index in [0.29, 0.717) is 0 Å². The van der Waals surface area contributed by atoms with Crippen LogP contribution >= 0.6 is 0 Å². The van der Waals surface area contributed by atoms with E-state index >= 15 is 0 Å². The van der Waals surface area contributed by atoms with Crippen LogP contribution in [0.4, 0.5) is 13.2 Å². The normalized spacial score (nSPS) is 11.5. The third-order valence-electron chi connectivity index (χ3n) is 1.92. The van der Waals surface area contributed by atoms with Crippen molar-refractivity contribution in [3.63, 3.8) is 0 Å². The molecule has 2 rings (SSSR count). The maximum absolute atomic E-state index is 12.4. The van der Waals surface area contributed by atoms with Crippen molar-refractivity contribution in [1.82, 2.24) is 20.6 Å². The van der Waals surface area contributed by atoms with Gasteiger partial charge in [-0.3, -0.25) is 0 Å². The summed E-state index contributed by atoms with van der Waals surface area (Å²) < 4.78 is 42.3. The van der Waals surface area contributed by atoms with Crippen LogP contribution in [0.3, 0.4) is 0 Å². The third kappa shape index (κ3) is 2.92. The van der Waals surface area contributed by atoms with Crippen molar-refractivity contribution in [2.75, 3.05) is 0 Å². The summed E-state index contributed by atoms with van der Waals surface area (Å²) in [7, 11) is 0. The van der Waals surface area contributed by atoms with Crippen LogP contribution in [0.25, 0.3) is 0 Å². The summed E-state index contributed by atoms with van der Waals surface area (Å²) in [5.41, 5.74) is -0.761. The van der Waals surface area contributed by atoms with Gasteiger partial charge in [-0.25, -0.2) is 0 Å². The van der Waals surface area contributed by atoms with Crippen LogP contribution in [0.2, 0.25) is 0 Å². The van der Waals surface area contributed by atoms with Crippen LogP contribution in [0.1, 0.15) is 11.4 Å². The Morgan fingerprint density at radius 1 is 1.29 bits per heavy atom. The second-order valence-corrected chi connectivity index (χ2v) is 3.14. The lowest BCUT2D eigenvalue weighted by Gasteiger charge is -2.08. The number of alkyl halides is 3. The van der Waals surface area contributed by atoms with Crippen molar-refractivity contribution >= 4 is 0 Å². The number of aromatic amines is 1. The molecule has 0 aliphatic rings.